The minimum Gasteiger partial charge on any atom is -0.493 e. The molecule has 1 aromatic heterocycles. The third-order valence-electron chi connectivity index (χ3n) is 2.86. The van der Waals surface area contributed by atoms with E-state index in [-0.39, 0.29) is 12.3 Å². The molecule has 0 unspecified atom stereocenters. The summed E-state index contributed by atoms with van der Waals surface area (Å²) < 4.78 is 14.8. The minimum absolute atomic E-state index is 0.0143. The summed E-state index contributed by atoms with van der Waals surface area (Å²) in [5.41, 5.74) is 0.382. The van der Waals surface area contributed by atoms with Crippen LogP contribution in [0.3, 0.4) is 0 Å². The Labute approximate surface area is 136 Å². The van der Waals surface area contributed by atoms with E-state index in [0.717, 1.165) is 11.3 Å². The van der Waals surface area contributed by atoms with Gasteiger partial charge < -0.3 is 14.2 Å². The second-order valence-corrected chi connectivity index (χ2v) is 5.34. The maximum atomic E-state index is 12.2. The molecule has 0 radical (unpaired) electrons. The Bertz CT molecular complexity index is 716. The molecule has 0 bridgehead atoms. The SMILES string of the molecule is COC(=O)Cc1nnc(NC(=O)c2ccc(OC)c(OC)c2)s1. The fourth-order valence-corrected chi connectivity index (χ4v) is 2.44. The highest BCUT2D eigenvalue weighted by Crippen LogP contribution is 2.28. The van der Waals surface area contributed by atoms with Crippen molar-refractivity contribution in [3.63, 3.8) is 0 Å². The lowest BCUT2D eigenvalue weighted by Crippen LogP contribution is -2.12. The summed E-state index contributed by atoms with van der Waals surface area (Å²) in [6.45, 7) is 0. The molecule has 0 aliphatic heterocycles. The number of anilines is 1. The van der Waals surface area contributed by atoms with Gasteiger partial charge in [-0.25, -0.2) is 0 Å². The van der Waals surface area contributed by atoms with Crippen LogP contribution >= 0.6 is 11.3 Å². The summed E-state index contributed by atoms with van der Waals surface area (Å²) in [6.07, 6.45) is 0.0143. The predicted octanol–water partition coefficient (Wildman–Crippen LogP) is 1.52. The van der Waals surface area contributed by atoms with Gasteiger partial charge in [-0.05, 0) is 18.2 Å². The quantitative estimate of drug-likeness (QED) is 0.798. The molecule has 1 N–H and O–H groups in total. The second-order valence-electron chi connectivity index (χ2n) is 4.28. The van der Waals surface area contributed by atoms with E-state index >= 15 is 0 Å². The number of amides is 1. The fraction of sp³-hybridized carbons (Fsp3) is 0.286. The molecule has 23 heavy (non-hydrogen) atoms. The molecule has 0 saturated carbocycles. The van der Waals surface area contributed by atoms with Crippen LogP contribution in [0.2, 0.25) is 0 Å². The van der Waals surface area contributed by atoms with Crippen LogP contribution in [0.1, 0.15) is 15.4 Å². The van der Waals surface area contributed by atoms with Gasteiger partial charge in [-0.15, -0.1) is 10.2 Å². The molecule has 0 saturated heterocycles. The van der Waals surface area contributed by atoms with Crippen LogP contribution in [0.4, 0.5) is 5.13 Å². The molecular weight excluding hydrogens is 322 g/mol. The molecule has 0 spiro atoms. The van der Waals surface area contributed by atoms with Gasteiger partial charge in [0.1, 0.15) is 5.01 Å². The van der Waals surface area contributed by atoms with E-state index in [9.17, 15) is 9.59 Å². The Balaban J connectivity index is 2.08. The van der Waals surface area contributed by atoms with Gasteiger partial charge in [0.2, 0.25) is 5.13 Å². The standard InChI is InChI=1S/C14H15N3O5S/c1-20-9-5-4-8(6-10(9)21-2)13(19)15-14-17-16-11(23-14)7-12(18)22-3/h4-6H,7H2,1-3H3,(H,15,17,19). The van der Waals surface area contributed by atoms with Gasteiger partial charge in [0, 0.05) is 5.56 Å². The zero-order chi connectivity index (χ0) is 16.8. The molecule has 0 atom stereocenters. The van der Waals surface area contributed by atoms with Crippen molar-refractivity contribution in [2.75, 3.05) is 26.6 Å². The fourth-order valence-electron chi connectivity index (χ4n) is 1.72. The average Bonchev–Trinajstić information content (AvgIpc) is 3.00. The van der Waals surface area contributed by atoms with Crippen LogP contribution in [-0.2, 0) is 16.0 Å². The number of rotatable bonds is 6. The second kappa shape index (κ2) is 7.54. The summed E-state index contributed by atoms with van der Waals surface area (Å²) in [6, 6.07) is 4.80. The summed E-state index contributed by atoms with van der Waals surface area (Å²) in [7, 11) is 4.30. The molecule has 2 aromatic rings. The number of hydrogen-bond donors (Lipinski definition) is 1. The molecule has 1 heterocycles. The van der Waals surface area contributed by atoms with E-state index in [1.54, 1.807) is 18.2 Å². The number of carbonyl (C=O) groups is 2. The van der Waals surface area contributed by atoms with Crippen LogP contribution in [0, 0.1) is 0 Å². The normalized spacial score (nSPS) is 10.0. The summed E-state index contributed by atoms with van der Waals surface area (Å²) in [5, 5.41) is 11.0. The van der Waals surface area contributed by atoms with E-state index in [2.05, 4.69) is 20.3 Å². The Morgan fingerprint density at radius 2 is 1.87 bits per heavy atom. The highest BCUT2D eigenvalue weighted by molar-refractivity contribution is 7.15. The van der Waals surface area contributed by atoms with Crippen LogP contribution in [0.25, 0.3) is 0 Å². The molecule has 0 aliphatic carbocycles. The number of aromatic nitrogens is 2. The highest BCUT2D eigenvalue weighted by Gasteiger charge is 2.14. The number of hydrogen-bond acceptors (Lipinski definition) is 8. The van der Waals surface area contributed by atoms with Gasteiger partial charge in [0.15, 0.2) is 11.5 Å². The van der Waals surface area contributed by atoms with Crippen molar-refractivity contribution in [1.29, 1.82) is 0 Å². The van der Waals surface area contributed by atoms with Crippen molar-refractivity contribution in [3.8, 4) is 11.5 Å². The Morgan fingerprint density at radius 1 is 1.13 bits per heavy atom. The van der Waals surface area contributed by atoms with Gasteiger partial charge in [0.05, 0.1) is 27.8 Å². The van der Waals surface area contributed by atoms with Gasteiger partial charge >= 0.3 is 5.97 Å². The number of carbonyl (C=O) groups excluding carboxylic acids is 2. The van der Waals surface area contributed by atoms with Gasteiger partial charge in [-0.2, -0.15) is 0 Å². The van der Waals surface area contributed by atoms with E-state index in [1.165, 1.54) is 21.3 Å². The number of benzene rings is 1. The van der Waals surface area contributed by atoms with Crippen LogP contribution in [0.15, 0.2) is 18.2 Å². The van der Waals surface area contributed by atoms with Gasteiger partial charge in [0.25, 0.3) is 5.91 Å². The van der Waals surface area contributed by atoms with Gasteiger partial charge in [-0.1, -0.05) is 11.3 Å². The molecule has 8 nitrogen and oxygen atoms in total. The third kappa shape index (κ3) is 4.16. The van der Waals surface area contributed by atoms with Crippen molar-refractivity contribution in [2.24, 2.45) is 0 Å². The molecule has 1 amide bonds. The van der Waals surface area contributed by atoms with E-state index in [4.69, 9.17) is 9.47 Å². The minimum atomic E-state index is -0.418. The molecule has 2 rings (SSSR count). The first kappa shape index (κ1) is 16.7. The topological polar surface area (TPSA) is 99.6 Å². The number of nitrogens with one attached hydrogen (secondary N) is 1. The summed E-state index contributed by atoms with van der Waals surface area (Å²) >= 11 is 1.11. The van der Waals surface area contributed by atoms with Crippen molar-refractivity contribution in [1.82, 2.24) is 10.2 Å². The molecular formula is C14H15N3O5S. The number of nitrogens with zero attached hydrogens (tertiary/aromatic N) is 2. The summed E-state index contributed by atoms with van der Waals surface area (Å²) in [5.74, 6) is 0.190. The summed E-state index contributed by atoms with van der Waals surface area (Å²) in [4.78, 5) is 23.4. The van der Waals surface area contributed by atoms with E-state index in [1.807, 2.05) is 0 Å². The van der Waals surface area contributed by atoms with E-state index < -0.39 is 5.97 Å². The number of esters is 1. The van der Waals surface area contributed by atoms with Crippen molar-refractivity contribution in [2.45, 2.75) is 6.42 Å². The first-order chi connectivity index (χ1) is 11.1. The maximum absolute atomic E-state index is 12.2. The maximum Gasteiger partial charge on any atom is 0.312 e. The molecule has 0 fully saturated rings. The van der Waals surface area contributed by atoms with Crippen LogP contribution in [-0.4, -0.2) is 43.4 Å². The lowest BCUT2D eigenvalue weighted by atomic mass is 10.2. The Kier molecular flexibility index (Phi) is 5.47. The predicted molar refractivity (Wildman–Crippen MR) is 83.1 cm³/mol. The van der Waals surface area contributed by atoms with Crippen LogP contribution < -0.4 is 14.8 Å². The lowest BCUT2D eigenvalue weighted by molar-refractivity contribution is -0.139. The highest BCUT2D eigenvalue weighted by atomic mass is 32.1. The molecule has 9 heteroatoms. The Hall–Kier alpha value is -2.68. The molecule has 122 valence electrons. The largest absolute Gasteiger partial charge is 0.493 e. The van der Waals surface area contributed by atoms with Crippen LogP contribution in [0.5, 0.6) is 11.5 Å². The average molecular weight is 337 g/mol. The van der Waals surface area contributed by atoms with E-state index in [0.29, 0.717) is 27.2 Å². The monoisotopic (exact) mass is 337 g/mol. The van der Waals surface area contributed by atoms with Crippen molar-refractivity contribution in [3.05, 3.63) is 28.8 Å². The van der Waals surface area contributed by atoms with Gasteiger partial charge in [-0.3, -0.25) is 14.9 Å². The molecule has 1 aromatic carbocycles. The molecule has 0 aliphatic rings. The Morgan fingerprint density at radius 3 is 2.52 bits per heavy atom. The number of methoxy groups -OCH3 is 3. The first-order valence-corrected chi connectivity index (χ1v) is 7.31. The van der Waals surface area contributed by atoms with Crippen molar-refractivity contribution < 1.29 is 23.8 Å². The zero-order valence-corrected chi connectivity index (χ0v) is 13.6. The zero-order valence-electron chi connectivity index (χ0n) is 12.8. The van der Waals surface area contributed by atoms with Crippen molar-refractivity contribution >= 4 is 28.3 Å². The first-order valence-electron chi connectivity index (χ1n) is 6.50. The third-order valence-corrected chi connectivity index (χ3v) is 3.69. The number of ether oxygens (including phenoxy) is 3. The lowest BCUT2D eigenvalue weighted by Gasteiger charge is -2.08. The smallest absolute Gasteiger partial charge is 0.312 e.